The highest BCUT2D eigenvalue weighted by atomic mass is 32.2. The Kier molecular flexibility index (Phi) is 5.84. The average Bonchev–Trinajstić information content (AvgIpc) is 2.59. The van der Waals surface area contributed by atoms with Crippen molar-refractivity contribution in [1.82, 2.24) is 15.0 Å². The number of sulfonamides is 1. The summed E-state index contributed by atoms with van der Waals surface area (Å²) in [5.74, 6) is -0.211. The molecule has 0 radical (unpaired) electrons. The van der Waals surface area contributed by atoms with Crippen LogP contribution in [0.25, 0.3) is 0 Å². The summed E-state index contributed by atoms with van der Waals surface area (Å²) in [4.78, 5) is 16.0. The molecule has 0 saturated heterocycles. The lowest BCUT2D eigenvalue weighted by atomic mass is 10.2. The molecule has 0 aliphatic rings. The van der Waals surface area contributed by atoms with Gasteiger partial charge in [0.15, 0.2) is 0 Å². The molecule has 7 heteroatoms. The van der Waals surface area contributed by atoms with Crippen LogP contribution in [0.4, 0.5) is 0 Å². The zero-order chi connectivity index (χ0) is 16.7. The van der Waals surface area contributed by atoms with E-state index in [2.05, 4.69) is 15.0 Å². The lowest BCUT2D eigenvalue weighted by Crippen LogP contribution is -2.25. The van der Waals surface area contributed by atoms with Crippen molar-refractivity contribution in [3.63, 3.8) is 0 Å². The third kappa shape index (κ3) is 4.87. The maximum Gasteiger partial charge on any atom is 0.251 e. The summed E-state index contributed by atoms with van der Waals surface area (Å²) in [7, 11) is -3.64. The van der Waals surface area contributed by atoms with Gasteiger partial charge >= 0.3 is 0 Å². The SMILES string of the molecule is CCCNC(=O)c1ccc(S(=O)(=O)NCc2ccccn2)cc1. The van der Waals surface area contributed by atoms with Gasteiger partial charge in [-0.05, 0) is 42.8 Å². The molecule has 1 amide bonds. The van der Waals surface area contributed by atoms with Gasteiger partial charge in [-0.25, -0.2) is 13.1 Å². The summed E-state index contributed by atoms with van der Waals surface area (Å²) in [6.45, 7) is 2.66. The van der Waals surface area contributed by atoms with Gasteiger partial charge in [0.05, 0.1) is 17.1 Å². The summed E-state index contributed by atoms with van der Waals surface area (Å²) < 4.78 is 26.9. The number of hydrogen-bond donors (Lipinski definition) is 2. The second kappa shape index (κ2) is 7.85. The highest BCUT2D eigenvalue weighted by Crippen LogP contribution is 2.11. The molecule has 0 unspecified atom stereocenters. The molecule has 2 aromatic rings. The zero-order valence-corrected chi connectivity index (χ0v) is 13.6. The van der Waals surface area contributed by atoms with Crippen LogP contribution in [-0.2, 0) is 16.6 Å². The van der Waals surface area contributed by atoms with Crippen molar-refractivity contribution in [3.8, 4) is 0 Å². The topological polar surface area (TPSA) is 88.2 Å². The fourth-order valence-corrected chi connectivity index (χ4v) is 2.88. The predicted octanol–water partition coefficient (Wildman–Crippen LogP) is 1.70. The van der Waals surface area contributed by atoms with E-state index in [4.69, 9.17) is 0 Å². The maximum atomic E-state index is 12.2. The minimum atomic E-state index is -3.64. The molecule has 1 aromatic carbocycles. The van der Waals surface area contributed by atoms with Crippen molar-refractivity contribution in [1.29, 1.82) is 0 Å². The van der Waals surface area contributed by atoms with Gasteiger partial charge in [0.25, 0.3) is 5.91 Å². The molecule has 0 saturated carbocycles. The molecule has 0 atom stereocenters. The van der Waals surface area contributed by atoms with E-state index in [9.17, 15) is 13.2 Å². The fourth-order valence-electron chi connectivity index (χ4n) is 1.88. The van der Waals surface area contributed by atoms with E-state index in [1.807, 2.05) is 6.92 Å². The highest BCUT2D eigenvalue weighted by molar-refractivity contribution is 7.89. The summed E-state index contributed by atoms with van der Waals surface area (Å²) in [6, 6.07) is 11.1. The first-order valence-electron chi connectivity index (χ1n) is 7.31. The zero-order valence-electron chi connectivity index (χ0n) is 12.8. The molecule has 0 aliphatic heterocycles. The van der Waals surface area contributed by atoms with Crippen LogP contribution in [0.5, 0.6) is 0 Å². The molecule has 1 heterocycles. The summed E-state index contributed by atoms with van der Waals surface area (Å²) in [5.41, 5.74) is 1.06. The average molecular weight is 333 g/mol. The van der Waals surface area contributed by atoms with Crippen molar-refractivity contribution in [2.75, 3.05) is 6.54 Å². The Morgan fingerprint density at radius 2 is 1.87 bits per heavy atom. The first-order valence-corrected chi connectivity index (χ1v) is 8.79. The van der Waals surface area contributed by atoms with Crippen LogP contribution in [0.3, 0.4) is 0 Å². The standard InChI is InChI=1S/C16H19N3O3S/c1-2-10-18-16(20)13-6-8-15(9-7-13)23(21,22)19-12-14-5-3-4-11-17-14/h3-9,11,19H,2,10,12H2,1H3,(H,18,20). The molecule has 0 spiro atoms. The summed E-state index contributed by atoms with van der Waals surface area (Å²) in [5, 5.41) is 2.74. The van der Waals surface area contributed by atoms with Gasteiger partial charge in [-0.2, -0.15) is 0 Å². The summed E-state index contributed by atoms with van der Waals surface area (Å²) >= 11 is 0. The summed E-state index contributed by atoms with van der Waals surface area (Å²) in [6.07, 6.45) is 2.45. The largest absolute Gasteiger partial charge is 0.352 e. The molecule has 0 fully saturated rings. The van der Waals surface area contributed by atoms with Crippen LogP contribution >= 0.6 is 0 Å². The Bertz CT molecular complexity index is 744. The number of carbonyl (C=O) groups is 1. The van der Waals surface area contributed by atoms with Gasteiger partial charge in [0.2, 0.25) is 10.0 Å². The molecule has 2 rings (SSSR count). The minimum absolute atomic E-state index is 0.112. The Morgan fingerprint density at radius 3 is 2.48 bits per heavy atom. The van der Waals surface area contributed by atoms with Crippen LogP contribution in [0.15, 0.2) is 53.6 Å². The van der Waals surface area contributed by atoms with E-state index in [-0.39, 0.29) is 17.3 Å². The van der Waals surface area contributed by atoms with Crippen LogP contribution in [0, 0.1) is 0 Å². The Hall–Kier alpha value is -2.25. The van der Waals surface area contributed by atoms with Gasteiger partial charge in [0.1, 0.15) is 0 Å². The van der Waals surface area contributed by atoms with E-state index in [0.29, 0.717) is 17.8 Å². The second-order valence-electron chi connectivity index (χ2n) is 4.93. The molecule has 0 aliphatic carbocycles. The molecular formula is C16H19N3O3S. The Morgan fingerprint density at radius 1 is 1.13 bits per heavy atom. The van der Waals surface area contributed by atoms with Crippen molar-refractivity contribution in [2.24, 2.45) is 0 Å². The second-order valence-corrected chi connectivity index (χ2v) is 6.69. The van der Waals surface area contributed by atoms with E-state index in [1.165, 1.54) is 24.3 Å². The molecule has 122 valence electrons. The van der Waals surface area contributed by atoms with E-state index in [0.717, 1.165) is 6.42 Å². The van der Waals surface area contributed by atoms with Crippen molar-refractivity contribution >= 4 is 15.9 Å². The minimum Gasteiger partial charge on any atom is -0.352 e. The lowest BCUT2D eigenvalue weighted by molar-refractivity contribution is 0.0953. The van der Waals surface area contributed by atoms with Gasteiger partial charge in [-0.3, -0.25) is 9.78 Å². The molecule has 23 heavy (non-hydrogen) atoms. The number of nitrogens with one attached hydrogen (secondary N) is 2. The number of rotatable bonds is 7. The van der Waals surface area contributed by atoms with Crippen LogP contribution in [0.2, 0.25) is 0 Å². The number of aromatic nitrogens is 1. The van der Waals surface area contributed by atoms with Crippen LogP contribution in [0.1, 0.15) is 29.4 Å². The Balaban J connectivity index is 2.04. The van der Waals surface area contributed by atoms with Crippen molar-refractivity contribution in [2.45, 2.75) is 24.8 Å². The maximum absolute atomic E-state index is 12.2. The first-order chi connectivity index (χ1) is 11.0. The lowest BCUT2D eigenvalue weighted by Gasteiger charge is -2.08. The molecule has 1 aromatic heterocycles. The van der Waals surface area contributed by atoms with Gasteiger partial charge in [0, 0.05) is 18.3 Å². The molecule has 6 nitrogen and oxygen atoms in total. The first kappa shape index (κ1) is 17.1. The third-order valence-electron chi connectivity index (χ3n) is 3.13. The van der Waals surface area contributed by atoms with E-state index >= 15 is 0 Å². The highest BCUT2D eigenvalue weighted by Gasteiger charge is 2.14. The molecule has 2 N–H and O–H groups in total. The third-order valence-corrected chi connectivity index (χ3v) is 4.55. The number of nitrogens with zero attached hydrogens (tertiary/aromatic N) is 1. The number of carbonyl (C=O) groups excluding carboxylic acids is 1. The van der Waals surface area contributed by atoms with E-state index in [1.54, 1.807) is 24.4 Å². The fraction of sp³-hybridized carbons (Fsp3) is 0.250. The normalized spacial score (nSPS) is 11.2. The Labute approximate surface area is 136 Å². The van der Waals surface area contributed by atoms with E-state index < -0.39 is 10.0 Å². The van der Waals surface area contributed by atoms with Gasteiger partial charge in [-0.15, -0.1) is 0 Å². The molecule has 0 bridgehead atoms. The smallest absolute Gasteiger partial charge is 0.251 e. The van der Waals surface area contributed by atoms with Crippen LogP contribution in [-0.4, -0.2) is 25.9 Å². The van der Waals surface area contributed by atoms with Gasteiger partial charge < -0.3 is 5.32 Å². The predicted molar refractivity (Wildman–Crippen MR) is 87.3 cm³/mol. The van der Waals surface area contributed by atoms with Crippen molar-refractivity contribution in [3.05, 3.63) is 59.9 Å². The monoisotopic (exact) mass is 333 g/mol. The number of pyridine rings is 1. The quantitative estimate of drug-likeness (QED) is 0.807. The van der Waals surface area contributed by atoms with Gasteiger partial charge in [-0.1, -0.05) is 13.0 Å². The van der Waals surface area contributed by atoms with Crippen LogP contribution < -0.4 is 10.0 Å². The van der Waals surface area contributed by atoms with Crippen molar-refractivity contribution < 1.29 is 13.2 Å². The molecular weight excluding hydrogens is 314 g/mol. The number of amides is 1. The number of benzene rings is 1. The number of hydrogen-bond acceptors (Lipinski definition) is 4.